The number of benzene rings is 2. The maximum Gasteiger partial charge on any atom is 0.261 e. The van der Waals surface area contributed by atoms with Gasteiger partial charge in [0.1, 0.15) is 5.82 Å². The predicted octanol–water partition coefficient (Wildman–Crippen LogP) is 4.35. The van der Waals surface area contributed by atoms with Gasteiger partial charge in [0.05, 0.1) is 5.56 Å². The molecule has 1 saturated heterocycles. The number of halogens is 1. The van der Waals surface area contributed by atoms with Crippen molar-refractivity contribution in [2.45, 2.75) is 6.54 Å². The normalized spacial score (nSPS) is 15.2. The summed E-state index contributed by atoms with van der Waals surface area (Å²) in [5.41, 5.74) is 0.907. The van der Waals surface area contributed by atoms with E-state index in [0.29, 0.717) is 6.54 Å². The predicted molar refractivity (Wildman–Crippen MR) is 121 cm³/mol. The summed E-state index contributed by atoms with van der Waals surface area (Å²) in [6.45, 7) is 6.29. The number of carbonyl (C=O) groups is 1. The highest BCUT2D eigenvalue weighted by Crippen LogP contribution is 2.19. The first-order valence-electron chi connectivity index (χ1n) is 10.3. The molecule has 6 heteroatoms. The summed E-state index contributed by atoms with van der Waals surface area (Å²) in [6, 6.07) is 20.0. The van der Waals surface area contributed by atoms with Crippen molar-refractivity contribution in [1.82, 2.24) is 9.80 Å². The third-order valence-electron chi connectivity index (χ3n) is 5.48. The quantitative estimate of drug-likeness (QED) is 0.565. The third-order valence-corrected chi connectivity index (χ3v) is 6.34. The number of hydrogen-bond donors (Lipinski definition) is 0. The zero-order chi connectivity index (χ0) is 20.8. The second-order valence-corrected chi connectivity index (χ2v) is 8.50. The van der Waals surface area contributed by atoms with Crippen molar-refractivity contribution in [3.63, 3.8) is 0 Å². The molecule has 0 saturated carbocycles. The van der Waals surface area contributed by atoms with E-state index in [2.05, 4.69) is 27.3 Å². The average molecular weight is 424 g/mol. The fraction of sp³-hybridized carbons (Fsp3) is 0.292. The second-order valence-electron chi connectivity index (χ2n) is 7.47. The molecule has 0 spiro atoms. The molecule has 1 amide bonds. The number of hydrogen-bond acceptors (Lipinski definition) is 4. The zero-order valence-corrected chi connectivity index (χ0v) is 17.7. The molecular formula is C24H26FN3OS. The van der Waals surface area contributed by atoms with Gasteiger partial charge in [0, 0.05) is 56.4 Å². The molecule has 0 unspecified atom stereocenters. The van der Waals surface area contributed by atoms with Crippen molar-refractivity contribution in [3.8, 4) is 0 Å². The Hall–Kier alpha value is -2.54. The molecular weight excluding hydrogens is 397 g/mol. The van der Waals surface area contributed by atoms with Crippen molar-refractivity contribution in [3.05, 3.63) is 88.4 Å². The number of carbonyl (C=O) groups excluding carboxylic acids is 1. The molecule has 0 aliphatic carbocycles. The Labute approximate surface area is 181 Å². The minimum Gasteiger partial charge on any atom is -0.307 e. The number of para-hydroxylation sites is 1. The van der Waals surface area contributed by atoms with Crippen LogP contribution in [0.1, 0.15) is 15.2 Å². The highest BCUT2D eigenvalue weighted by Gasteiger charge is 2.23. The van der Waals surface area contributed by atoms with Crippen molar-refractivity contribution in [2.75, 3.05) is 44.2 Å². The van der Waals surface area contributed by atoms with Crippen molar-refractivity contribution in [2.24, 2.45) is 0 Å². The summed E-state index contributed by atoms with van der Waals surface area (Å²) >= 11 is 1.80. The minimum absolute atomic E-state index is 0.113. The van der Waals surface area contributed by atoms with E-state index in [1.54, 1.807) is 34.4 Å². The first-order chi connectivity index (χ1) is 14.7. The van der Waals surface area contributed by atoms with Gasteiger partial charge in [-0.05, 0) is 35.7 Å². The van der Waals surface area contributed by atoms with Crippen LogP contribution in [0.3, 0.4) is 0 Å². The number of nitrogens with zero attached hydrogens (tertiary/aromatic N) is 3. The smallest absolute Gasteiger partial charge is 0.261 e. The summed E-state index contributed by atoms with van der Waals surface area (Å²) < 4.78 is 14.2. The van der Waals surface area contributed by atoms with E-state index in [9.17, 15) is 9.18 Å². The molecule has 1 aromatic heterocycles. The van der Waals surface area contributed by atoms with E-state index in [1.165, 1.54) is 10.9 Å². The molecule has 156 valence electrons. The number of piperazine rings is 1. The molecule has 2 heterocycles. The van der Waals surface area contributed by atoms with Crippen LogP contribution in [0.5, 0.6) is 0 Å². The van der Waals surface area contributed by atoms with Gasteiger partial charge in [-0.25, -0.2) is 4.39 Å². The Bertz CT molecular complexity index is 940. The van der Waals surface area contributed by atoms with Gasteiger partial charge in [0.15, 0.2) is 0 Å². The first-order valence-corrected chi connectivity index (χ1v) is 11.2. The van der Waals surface area contributed by atoms with E-state index in [0.717, 1.165) is 45.0 Å². The summed E-state index contributed by atoms with van der Waals surface area (Å²) in [4.78, 5) is 21.1. The van der Waals surface area contributed by atoms with Gasteiger partial charge < -0.3 is 4.90 Å². The number of thiophene rings is 1. The van der Waals surface area contributed by atoms with Crippen molar-refractivity contribution < 1.29 is 9.18 Å². The van der Waals surface area contributed by atoms with Gasteiger partial charge in [-0.1, -0.05) is 36.4 Å². The molecule has 1 fully saturated rings. The molecule has 4 rings (SSSR count). The molecule has 0 radical (unpaired) electrons. The zero-order valence-electron chi connectivity index (χ0n) is 16.9. The van der Waals surface area contributed by atoms with Gasteiger partial charge in [0.25, 0.3) is 5.91 Å². The van der Waals surface area contributed by atoms with Crippen molar-refractivity contribution in [1.29, 1.82) is 0 Å². The maximum absolute atomic E-state index is 14.2. The van der Waals surface area contributed by atoms with Crippen LogP contribution in [0.15, 0.2) is 72.1 Å². The number of amides is 1. The van der Waals surface area contributed by atoms with Gasteiger partial charge in [-0.2, -0.15) is 0 Å². The summed E-state index contributed by atoms with van der Waals surface area (Å²) in [6.07, 6.45) is 0. The van der Waals surface area contributed by atoms with Crippen LogP contribution < -0.4 is 4.90 Å². The van der Waals surface area contributed by atoms with Gasteiger partial charge in [-0.15, -0.1) is 11.3 Å². The lowest BCUT2D eigenvalue weighted by Crippen LogP contribution is -2.48. The molecule has 1 aliphatic rings. The Morgan fingerprint density at radius 2 is 1.60 bits per heavy atom. The molecule has 0 atom stereocenters. The highest BCUT2D eigenvalue weighted by molar-refractivity contribution is 7.09. The van der Waals surface area contributed by atoms with Crippen LogP contribution in [0.4, 0.5) is 10.1 Å². The first kappa shape index (κ1) is 20.7. The van der Waals surface area contributed by atoms with Crippen LogP contribution in [0.2, 0.25) is 0 Å². The van der Waals surface area contributed by atoms with Crippen LogP contribution in [0.25, 0.3) is 0 Å². The Kier molecular flexibility index (Phi) is 6.89. The number of rotatable bonds is 7. The third kappa shape index (κ3) is 5.14. The lowest BCUT2D eigenvalue weighted by atomic mass is 10.1. The lowest BCUT2D eigenvalue weighted by molar-refractivity contribution is 0.0969. The van der Waals surface area contributed by atoms with Crippen LogP contribution in [-0.2, 0) is 6.54 Å². The molecule has 3 aromatic rings. The van der Waals surface area contributed by atoms with Crippen molar-refractivity contribution >= 4 is 22.9 Å². The summed E-state index contributed by atoms with van der Waals surface area (Å²) in [5, 5.41) is 2.12. The van der Waals surface area contributed by atoms with Gasteiger partial charge >= 0.3 is 0 Å². The SMILES string of the molecule is O=C(c1ccccc1F)N(CCN1CCN(Cc2cccs2)CC1)c1ccccc1. The largest absolute Gasteiger partial charge is 0.307 e. The Morgan fingerprint density at radius 1 is 0.900 bits per heavy atom. The highest BCUT2D eigenvalue weighted by atomic mass is 32.1. The van der Waals surface area contributed by atoms with Gasteiger partial charge in [0.2, 0.25) is 0 Å². The van der Waals surface area contributed by atoms with Crippen LogP contribution in [-0.4, -0.2) is 55.0 Å². The molecule has 2 aromatic carbocycles. The standard InChI is InChI=1S/C24H26FN3OS/c25-23-11-5-4-10-22(23)24(29)28(20-7-2-1-3-8-20)17-16-26-12-14-27(15-13-26)19-21-9-6-18-30-21/h1-11,18H,12-17,19H2. The molecule has 0 bridgehead atoms. The van der Waals surface area contributed by atoms with Crippen LogP contribution >= 0.6 is 11.3 Å². The van der Waals surface area contributed by atoms with E-state index >= 15 is 0 Å². The van der Waals surface area contributed by atoms with E-state index in [4.69, 9.17) is 0 Å². The topological polar surface area (TPSA) is 26.8 Å². The Balaban J connectivity index is 1.38. The molecule has 4 nitrogen and oxygen atoms in total. The molecule has 1 aliphatic heterocycles. The second kappa shape index (κ2) is 9.98. The Morgan fingerprint density at radius 3 is 2.30 bits per heavy atom. The molecule has 0 N–H and O–H groups in total. The average Bonchev–Trinajstić information content (AvgIpc) is 3.29. The van der Waals surface area contributed by atoms with Crippen LogP contribution in [0, 0.1) is 5.82 Å². The fourth-order valence-electron chi connectivity index (χ4n) is 3.77. The number of anilines is 1. The monoisotopic (exact) mass is 423 g/mol. The van der Waals surface area contributed by atoms with E-state index in [-0.39, 0.29) is 11.5 Å². The van der Waals surface area contributed by atoms with Gasteiger partial charge in [-0.3, -0.25) is 14.6 Å². The molecule has 30 heavy (non-hydrogen) atoms. The summed E-state index contributed by atoms with van der Waals surface area (Å²) in [5.74, 6) is -0.777. The van der Waals surface area contributed by atoms with E-state index < -0.39 is 5.82 Å². The lowest BCUT2D eigenvalue weighted by Gasteiger charge is -2.35. The minimum atomic E-state index is -0.481. The summed E-state index contributed by atoms with van der Waals surface area (Å²) in [7, 11) is 0. The maximum atomic E-state index is 14.2. The fourth-order valence-corrected chi connectivity index (χ4v) is 4.52. The van der Waals surface area contributed by atoms with E-state index in [1.807, 2.05) is 30.3 Å².